The zero-order chi connectivity index (χ0) is 8.39. The van der Waals surface area contributed by atoms with E-state index in [0.717, 1.165) is 12.2 Å². The van der Waals surface area contributed by atoms with Gasteiger partial charge < -0.3 is 4.42 Å². The summed E-state index contributed by atoms with van der Waals surface area (Å²) < 4.78 is 5.64. The largest absolute Gasteiger partial charge is 0.466 e. The van der Waals surface area contributed by atoms with Crippen molar-refractivity contribution in [1.29, 1.82) is 0 Å². The number of hydrogen-bond donors (Lipinski definition) is 0. The van der Waals surface area contributed by atoms with Crippen LogP contribution in [0.25, 0.3) is 0 Å². The Kier molecular flexibility index (Phi) is 2.20. The van der Waals surface area contributed by atoms with Crippen molar-refractivity contribution in [2.45, 2.75) is 45.4 Å². The monoisotopic (exact) mass is 164 g/mol. The van der Waals surface area contributed by atoms with Gasteiger partial charge in [-0.15, -0.1) is 0 Å². The molecule has 0 aliphatic heterocycles. The lowest BCUT2D eigenvalue weighted by Crippen LogP contribution is -1.95. The van der Waals surface area contributed by atoms with Gasteiger partial charge >= 0.3 is 0 Å². The first-order valence-electron chi connectivity index (χ1n) is 4.94. The van der Waals surface area contributed by atoms with E-state index in [1.807, 2.05) is 6.92 Å². The van der Waals surface area contributed by atoms with E-state index in [9.17, 15) is 0 Å². The summed E-state index contributed by atoms with van der Waals surface area (Å²) >= 11 is 0. The summed E-state index contributed by atoms with van der Waals surface area (Å²) in [4.78, 5) is 0. The molecule has 1 aliphatic carbocycles. The molecule has 0 fully saturated rings. The average Bonchev–Trinajstić information content (AvgIpc) is 2.32. The third-order valence-corrected chi connectivity index (χ3v) is 2.62. The molecular weight excluding hydrogens is 148 g/mol. The van der Waals surface area contributed by atoms with Gasteiger partial charge in [-0.25, -0.2) is 0 Å². The Morgan fingerprint density at radius 1 is 1.08 bits per heavy atom. The maximum Gasteiger partial charge on any atom is 0.107 e. The fraction of sp³-hybridized carbons (Fsp3) is 0.636. The van der Waals surface area contributed by atoms with Crippen LogP contribution >= 0.6 is 0 Å². The van der Waals surface area contributed by atoms with Crippen LogP contribution in [0.15, 0.2) is 10.5 Å². The number of fused-ring (bicyclic) bond motifs is 1. The second-order valence-corrected chi connectivity index (χ2v) is 3.72. The molecule has 0 spiro atoms. The van der Waals surface area contributed by atoms with Crippen LogP contribution in [-0.4, -0.2) is 0 Å². The van der Waals surface area contributed by atoms with Crippen LogP contribution in [0, 0.1) is 6.92 Å². The van der Waals surface area contributed by atoms with E-state index in [4.69, 9.17) is 4.42 Å². The van der Waals surface area contributed by atoms with Gasteiger partial charge in [-0.3, -0.25) is 0 Å². The van der Waals surface area contributed by atoms with Gasteiger partial charge in [0.25, 0.3) is 0 Å². The van der Waals surface area contributed by atoms with Crippen molar-refractivity contribution < 1.29 is 4.42 Å². The molecular formula is C11H16O. The Balaban J connectivity index is 2.23. The maximum absolute atomic E-state index is 5.64. The molecule has 12 heavy (non-hydrogen) atoms. The topological polar surface area (TPSA) is 13.1 Å². The number of rotatable bonds is 0. The van der Waals surface area contributed by atoms with Gasteiger partial charge in [0.2, 0.25) is 0 Å². The molecule has 0 saturated heterocycles. The van der Waals surface area contributed by atoms with Crippen LogP contribution in [-0.2, 0) is 12.8 Å². The molecule has 0 saturated carbocycles. The molecule has 2 rings (SSSR count). The van der Waals surface area contributed by atoms with Crippen molar-refractivity contribution in [3.8, 4) is 0 Å². The van der Waals surface area contributed by atoms with Crippen molar-refractivity contribution in [3.63, 3.8) is 0 Å². The zero-order valence-corrected chi connectivity index (χ0v) is 7.73. The van der Waals surface area contributed by atoms with Gasteiger partial charge in [-0.2, -0.15) is 0 Å². The van der Waals surface area contributed by atoms with Crippen molar-refractivity contribution in [2.75, 3.05) is 0 Å². The van der Waals surface area contributed by atoms with Gasteiger partial charge in [-0.1, -0.05) is 12.8 Å². The molecule has 66 valence electrons. The number of furan rings is 1. The number of hydrogen-bond acceptors (Lipinski definition) is 1. The fourth-order valence-corrected chi connectivity index (χ4v) is 1.99. The first-order valence-corrected chi connectivity index (χ1v) is 4.94. The quantitative estimate of drug-likeness (QED) is 0.573. The summed E-state index contributed by atoms with van der Waals surface area (Å²) in [6.45, 7) is 2.05. The molecule has 0 bridgehead atoms. The van der Waals surface area contributed by atoms with E-state index >= 15 is 0 Å². The summed E-state index contributed by atoms with van der Waals surface area (Å²) in [6, 6.07) is 2.21. The van der Waals surface area contributed by atoms with Crippen LogP contribution in [0.5, 0.6) is 0 Å². The van der Waals surface area contributed by atoms with Gasteiger partial charge in [-0.05, 0) is 37.8 Å². The van der Waals surface area contributed by atoms with E-state index < -0.39 is 0 Å². The minimum absolute atomic E-state index is 1.09. The van der Waals surface area contributed by atoms with Crippen LogP contribution in [0.3, 0.4) is 0 Å². The molecule has 0 amide bonds. The highest BCUT2D eigenvalue weighted by Gasteiger charge is 2.10. The smallest absolute Gasteiger partial charge is 0.107 e. The highest BCUT2D eigenvalue weighted by molar-refractivity contribution is 5.21. The second-order valence-electron chi connectivity index (χ2n) is 3.72. The van der Waals surface area contributed by atoms with Crippen LogP contribution in [0.1, 0.15) is 42.8 Å². The third kappa shape index (κ3) is 1.55. The first-order chi connectivity index (χ1) is 5.86. The van der Waals surface area contributed by atoms with Gasteiger partial charge in [0.15, 0.2) is 0 Å². The predicted octanol–water partition coefficient (Wildman–Crippen LogP) is 3.25. The second kappa shape index (κ2) is 3.34. The highest BCUT2D eigenvalue weighted by Crippen LogP contribution is 2.22. The summed E-state index contributed by atoms with van der Waals surface area (Å²) in [5.74, 6) is 2.34. The molecule has 1 heteroatoms. The van der Waals surface area contributed by atoms with Crippen LogP contribution in [0.2, 0.25) is 0 Å². The Bertz CT molecular complexity index is 234. The molecule has 1 aromatic heterocycles. The normalized spacial score (nSPS) is 18.1. The minimum atomic E-state index is 1.09. The van der Waals surface area contributed by atoms with E-state index in [2.05, 4.69) is 6.07 Å². The van der Waals surface area contributed by atoms with Gasteiger partial charge in [0.05, 0.1) is 0 Å². The standard InChI is InChI=1S/C11H16O/c1-9-8-10-6-4-2-3-5-7-11(10)12-9/h8H,2-7H2,1H3. The Hall–Kier alpha value is -0.720. The molecule has 0 unspecified atom stereocenters. The molecule has 1 nitrogen and oxygen atoms in total. The third-order valence-electron chi connectivity index (χ3n) is 2.62. The van der Waals surface area contributed by atoms with Crippen molar-refractivity contribution in [3.05, 3.63) is 23.2 Å². The van der Waals surface area contributed by atoms with E-state index in [1.165, 1.54) is 43.4 Å². The Morgan fingerprint density at radius 3 is 2.67 bits per heavy atom. The molecule has 0 atom stereocenters. The number of aryl methyl sites for hydroxylation is 3. The SMILES string of the molecule is Cc1cc2c(o1)CCCCCC2. The average molecular weight is 164 g/mol. The van der Waals surface area contributed by atoms with Gasteiger partial charge in [0.1, 0.15) is 11.5 Å². The lowest BCUT2D eigenvalue weighted by molar-refractivity contribution is 0.459. The van der Waals surface area contributed by atoms with E-state index in [-0.39, 0.29) is 0 Å². The summed E-state index contributed by atoms with van der Waals surface area (Å²) in [5.41, 5.74) is 1.46. The fourth-order valence-electron chi connectivity index (χ4n) is 1.99. The molecule has 0 radical (unpaired) electrons. The van der Waals surface area contributed by atoms with Crippen LogP contribution < -0.4 is 0 Å². The summed E-state index contributed by atoms with van der Waals surface area (Å²) in [5, 5.41) is 0. The van der Waals surface area contributed by atoms with E-state index in [1.54, 1.807) is 0 Å². The maximum atomic E-state index is 5.64. The molecule has 1 aromatic rings. The van der Waals surface area contributed by atoms with Crippen molar-refractivity contribution in [2.24, 2.45) is 0 Å². The lowest BCUT2D eigenvalue weighted by Gasteiger charge is -2.06. The Labute approximate surface area is 73.8 Å². The van der Waals surface area contributed by atoms with Crippen molar-refractivity contribution >= 4 is 0 Å². The molecule has 0 N–H and O–H groups in total. The lowest BCUT2D eigenvalue weighted by atomic mass is 9.99. The Morgan fingerprint density at radius 2 is 1.83 bits per heavy atom. The van der Waals surface area contributed by atoms with Crippen molar-refractivity contribution in [1.82, 2.24) is 0 Å². The zero-order valence-electron chi connectivity index (χ0n) is 7.73. The molecule has 1 heterocycles. The van der Waals surface area contributed by atoms with Crippen LogP contribution in [0.4, 0.5) is 0 Å². The minimum Gasteiger partial charge on any atom is -0.466 e. The molecule has 0 aromatic carbocycles. The van der Waals surface area contributed by atoms with Gasteiger partial charge in [0, 0.05) is 6.42 Å². The highest BCUT2D eigenvalue weighted by atomic mass is 16.3. The summed E-state index contributed by atoms with van der Waals surface area (Å²) in [7, 11) is 0. The predicted molar refractivity (Wildman–Crippen MR) is 49.3 cm³/mol. The molecule has 1 aliphatic rings. The first kappa shape index (κ1) is 7.90. The summed E-state index contributed by atoms with van der Waals surface area (Å²) in [6.07, 6.45) is 7.80. The van der Waals surface area contributed by atoms with E-state index in [0.29, 0.717) is 0 Å².